The highest BCUT2D eigenvalue weighted by molar-refractivity contribution is 7.33. The van der Waals surface area contributed by atoms with Gasteiger partial charge in [-0.3, -0.25) is 0 Å². The van der Waals surface area contributed by atoms with Crippen molar-refractivity contribution >= 4 is 54.7 Å². The fourth-order valence-corrected chi connectivity index (χ4v) is 5.96. The van der Waals surface area contributed by atoms with Crippen LogP contribution >= 0.6 is 45.3 Å². The molecule has 0 nitrogen and oxygen atoms in total. The van der Waals surface area contributed by atoms with Crippen LogP contribution in [0.25, 0.3) is 28.9 Å². The molecule has 0 saturated carbocycles. The Bertz CT molecular complexity index is 674. The molecule has 0 aliphatic heterocycles. The van der Waals surface area contributed by atoms with Gasteiger partial charge in [0, 0.05) is 28.9 Å². The Morgan fingerprint density at radius 1 is 0.611 bits per heavy atom. The number of hydrogen-bond acceptors (Lipinski definition) is 4. The lowest BCUT2D eigenvalue weighted by Crippen LogP contribution is -1.59. The highest BCUT2D eigenvalue weighted by Crippen LogP contribution is 2.43. The van der Waals surface area contributed by atoms with Crippen LogP contribution in [-0.4, -0.2) is 0 Å². The van der Waals surface area contributed by atoms with E-state index in [4.69, 9.17) is 0 Å². The monoisotopic (exact) mass is 304 g/mol. The van der Waals surface area contributed by atoms with Crippen LogP contribution in [0.4, 0.5) is 0 Å². The molecule has 4 rings (SSSR count). The van der Waals surface area contributed by atoms with Crippen LogP contribution in [0.5, 0.6) is 0 Å². The summed E-state index contributed by atoms with van der Waals surface area (Å²) in [6, 6.07) is 13.3. The van der Waals surface area contributed by atoms with Gasteiger partial charge in [-0.25, -0.2) is 0 Å². The molecule has 18 heavy (non-hydrogen) atoms. The zero-order valence-electron chi connectivity index (χ0n) is 9.25. The van der Waals surface area contributed by atoms with Gasteiger partial charge < -0.3 is 0 Å². The summed E-state index contributed by atoms with van der Waals surface area (Å²) in [5, 5.41) is 4.28. The molecule has 0 saturated heterocycles. The maximum Gasteiger partial charge on any atom is 0.0464 e. The Balaban J connectivity index is 1.82. The number of fused-ring (bicyclic) bond motifs is 1. The lowest BCUT2D eigenvalue weighted by molar-refractivity contribution is 1.97. The molecule has 0 bridgehead atoms. The summed E-state index contributed by atoms with van der Waals surface area (Å²) >= 11 is 7.42. The zero-order valence-corrected chi connectivity index (χ0v) is 12.5. The van der Waals surface area contributed by atoms with Crippen molar-refractivity contribution in [3.05, 3.63) is 47.2 Å². The Kier molecular flexibility index (Phi) is 2.62. The van der Waals surface area contributed by atoms with E-state index in [1.807, 2.05) is 45.3 Å². The third kappa shape index (κ3) is 1.77. The second-order valence-electron chi connectivity index (χ2n) is 3.90. The molecule has 0 N–H and O–H groups in total. The summed E-state index contributed by atoms with van der Waals surface area (Å²) < 4.78 is 2.82. The summed E-state index contributed by atoms with van der Waals surface area (Å²) in [5.41, 5.74) is 0. The van der Waals surface area contributed by atoms with E-state index >= 15 is 0 Å². The largest absolute Gasteiger partial charge is 0.143 e. The fraction of sp³-hybridized carbons (Fsp3) is 0. The smallest absolute Gasteiger partial charge is 0.0464 e. The minimum Gasteiger partial charge on any atom is -0.143 e. The SMILES string of the molecule is c1csc(-c2cc3sc(-c4cccs4)cc3s2)c1. The van der Waals surface area contributed by atoms with Crippen molar-refractivity contribution in [2.75, 3.05) is 0 Å². The minimum atomic E-state index is 1.38. The van der Waals surface area contributed by atoms with Gasteiger partial charge in [0.2, 0.25) is 0 Å². The molecule has 4 heterocycles. The summed E-state index contributed by atoms with van der Waals surface area (Å²) in [4.78, 5) is 5.54. The van der Waals surface area contributed by atoms with E-state index in [2.05, 4.69) is 47.2 Å². The molecule has 88 valence electrons. The molecule has 0 amide bonds. The Morgan fingerprint density at radius 2 is 1.11 bits per heavy atom. The van der Waals surface area contributed by atoms with Crippen molar-refractivity contribution in [2.24, 2.45) is 0 Å². The van der Waals surface area contributed by atoms with Crippen LogP contribution in [0.3, 0.4) is 0 Å². The quantitative estimate of drug-likeness (QED) is 0.401. The highest BCUT2D eigenvalue weighted by atomic mass is 32.1. The van der Waals surface area contributed by atoms with Crippen LogP contribution in [0.15, 0.2) is 47.2 Å². The maximum absolute atomic E-state index is 2.33. The maximum atomic E-state index is 2.33. The fourth-order valence-electron chi connectivity index (χ4n) is 1.92. The molecule has 0 atom stereocenters. The van der Waals surface area contributed by atoms with Crippen molar-refractivity contribution in [3.63, 3.8) is 0 Å². The van der Waals surface area contributed by atoms with E-state index < -0.39 is 0 Å². The first-order valence-electron chi connectivity index (χ1n) is 5.51. The molecular weight excluding hydrogens is 296 g/mol. The minimum absolute atomic E-state index is 1.38. The van der Waals surface area contributed by atoms with Crippen molar-refractivity contribution in [1.29, 1.82) is 0 Å². The molecule has 4 aromatic rings. The van der Waals surface area contributed by atoms with Gasteiger partial charge in [0.15, 0.2) is 0 Å². The molecule has 0 aliphatic rings. The van der Waals surface area contributed by atoms with Gasteiger partial charge >= 0.3 is 0 Å². The van der Waals surface area contributed by atoms with Crippen LogP contribution < -0.4 is 0 Å². The molecule has 0 fully saturated rings. The van der Waals surface area contributed by atoms with Gasteiger partial charge in [-0.1, -0.05) is 12.1 Å². The molecule has 0 unspecified atom stereocenters. The second-order valence-corrected chi connectivity index (χ2v) is 7.97. The molecule has 0 spiro atoms. The first-order valence-corrected chi connectivity index (χ1v) is 8.90. The van der Waals surface area contributed by atoms with E-state index in [0.29, 0.717) is 0 Å². The molecule has 0 aromatic carbocycles. The van der Waals surface area contributed by atoms with Crippen molar-refractivity contribution in [2.45, 2.75) is 0 Å². The Labute approximate surface area is 121 Å². The number of hydrogen-bond donors (Lipinski definition) is 0. The van der Waals surface area contributed by atoms with Gasteiger partial charge in [0.25, 0.3) is 0 Å². The van der Waals surface area contributed by atoms with Crippen molar-refractivity contribution < 1.29 is 0 Å². The number of thiophene rings is 4. The first-order chi connectivity index (χ1) is 8.90. The molecule has 4 heteroatoms. The van der Waals surface area contributed by atoms with Crippen LogP contribution in [0, 0.1) is 0 Å². The van der Waals surface area contributed by atoms with Gasteiger partial charge in [-0.05, 0) is 35.0 Å². The zero-order chi connectivity index (χ0) is 11.9. The normalized spacial score (nSPS) is 11.3. The summed E-state index contributed by atoms with van der Waals surface area (Å²) in [7, 11) is 0. The molecular formula is C14H8S4. The first kappa shape index (κ1) is 10.9. The molecule has 0 aliphatic carbocycles. The predicted octanol–water partition coefficient (Wildman–Crippen LogP) is 6.42. The van der Waals surface area contributed by atoms with Gasteiger partial charge in [0.05, 0.1) is 0 Å². The van der Waals surface area contributed by atoms with Crippen LogP contribution in [0.1, 0.15) is 0 Å². The summed E-state index contributed by atoms with van der Waals surface area (Å²) in [6.45, 7) is 0. The van der Waals surface area contributed by atoms with E-state index in [9.17, 15) is 0 Å². The third-order valence-electron chi connectivity index (χ3n) is 2.74. The van der Waals surface area contributed by atoms with Crippen molar-refractivity contribution in [3.8, 4) is 19.5 Å². The predicted molar refractivity (Wildman–Crippen MR) is 86.3 cm³/mol. The lowest BCUT2D eigenvalue weighted by Gasteiger charge is -1.89. The topological polar surface area (TPSA) is 0 Å². The van der Waals surface area contributed by atoms with Crippen LogP contribution in [-0.2, 0) is 0 Å². The van der Waals surface area contributed by atoms with Crippen LogP contribution in [0.2, 0.25) is 0 Å². The summed E-state index contributed by atoms with van der Waals surface area (Å²) in [6.07, 6.45) is 0. The van der Waals surface area contributed by atoms with E-state index in [-0.39, 0.29) is 0 Å². The van der Waals surface area contributed by atoms with E-state index in [0.717, 1.165) is 0 Å². The second kappa shape index (κ2) is 4.31. The van der Waals surface area contributed by atoms with Crippen molar-refractivity contribution in [1.82, 2.24) is 0 Å². The Morgan fingerprint density at radius 3 is 1.50 bits per heavy atom. The van der Waals surface area contributed by atoms with Gasteiger partial charge in [-0.15, -0.1) is 45.3 Å². The average molecular weight is 304 g/mol. The third-order valence-corrected chi connectivity index (χ3v) is 7.16. The molecule has 0 radical (unpaired) electrons. The molecule has 4 aromatic heterocycles. The highest BCUT2D eigenvalue weighted by Gasteiger charge is 2.10. The van der Waals surface area contributed by atoms with Gasteiger partial charge in [-0.2, -0.15) is 0 Å². The van der Waals surface area contributed by atoms with E-state index in [1.54, 1.807) is 0 Å². The average Bonchev–Trinajstić information content (AvgIpc) is 3.13. The van der Waals surface area contributed by atoms with Gasteiger partial charge in [0.1, 0.15) is 0 Å². The van der Waals surface area contributed by atoms with E-state index in [1.165, 1.54) is 28.9 Å². The number of rotatable bonds is 2. The Hall–Kier alpha value is -0.940. The summed E-state index contributed by atoms with van der Waals surface area (Å²) in [5.74, 6) is 0. The standard InChI is InChI=1S/C14H8S4/c1-3-9(15-5-1)11-7-13-14(17-11)8-12(18-13)10-4-2-6-16-10/h1-8H. The lowest BCUT2D eigenvalue weighted by atomic mass is 10.3.